The zero-order valence-corrected chi connectivity index (χ0v) is 19.9. The van der Waals surface area contributed by atoms with E-state index in [1.54, 1.807) is 4.90 Å². The summed E-state index contributed by atoms with van der Waals surface area (Å²) >= 11 is 6.54. The van der Waals surface area contributed by atoms with Crippen LogP contribution < -0.4 is 10.1 Å². The van der Waals surface area contributed by atoms with Crippen molar-refractivity contribution in [2.24, 2.45) is 11.8 Å². The van der Waals surface area contributed by atoms with Crippen molar-refractivity contribution >= 4 is 23.6 Å². The van der Waals surface area contributed by atoms with Gasteiger partial charge >= 0.3 is 12.0 Å². The van der Waals surface area contributed by atoms with Crippen molar-refractivity contribution in [3.05, 3.63) is 40.6 Å². The van der Waals surface area contributed by atoms with Crippen molar-refractivity contribution in [3.8, 4) is 5.75 Å². The number of benzene rings is 1. The average molecular weight is 463 g/mol. The number of urea groups is 1. The van der Waals surface area contributed by atoms with Crippen molar-refractivity contribution < 1.29 is 19.4 Å². The van der Waals surface area contributed by atoms with E-state index in [4.69, 9.17) is 21.4 Å². The Labute approximate surface area is 196 Å². The summed E-state index contributed by atoms with van der Waals surface area (Å²) in [6.07, 6.45) is 9.99. The fourth-order valence-corrected chi connectivity index (χ4v) is 4.80. The monoisotopic (exact) mass is 462 g/mol. The fraction of sp³-hybridized carbons (Fsp3) is 0.600. The van der Waals surface area contributed by atoms with Gasteiger partial charge in [0.25, 0.3) is 0 Å². The molecule has 3 rings (SSSR count). The molecule has 1 heterocycles. The number of carbonyl (C=O) groups is 2. The molecule has 6 nitrogen and oxygen atoms in total. The first-order chi connectivity index (χ1) is 15.3. The van der Waals surface area contributed by atoms with E-state index >= 15 is 0 Å². The first-order valence-electron chi connectivity index (χ1n) is 11.8. The zero-order chi connectivity index (χ0) is 23.1. The van der Waals surface area contributed by atoms with Gasteiger partial charge in [-0.15, -0.1) is 0 Å². The number of carboxylic acids is 1. The van der Waals surface area contributed by atoms with Crippen LogP contribution in [0.3, 0.4) is 0 Å². The Hall–Kier alpha value is -2.21. The molecule has 2 N–H and O–H groups in total. The second-order valence-corrected chi connectivity index (χ2v) is 9.60. The van der Waals surface area contributed by atoms with Gasteiger partial charge in [-0.25, -0.2) is 4.79 Å². The highest BCUT2D eigenvalue weighted by atomic mass is 35.5. The predicted octanol–water partition coefficient (Wildman–Crippen LogP) is 6.16. The SMILES string of the molecule is CC(C)C1=CN(CCCC(=O)O)C(=O)NC1c1ccc(OCCC2CCCCC2)c(Cl)c1. The number of nitrogens with zero attached hydrogens (tertiary/aromatic N) is 1. The summed E-state index contributed by atoms with van der Waals surface area (Å²) in [5, 5.41) is 12.5. The van der Waals surface area contributed by atoms with Gasteiger partial charge in [0.1, 0.15) is 5.75 Å². The maximum Gasteiger partial charge on any atom is 0.322 e. The number of carboxylic acid groups (broad SMARTS) is 1. The van der Waals surface area contributed by atoms with E-state index in [1.165, 1.54) is 32.1 Å². The number of hydrogen-bond donors (Lipinski definition) is 2. The molecule has 1 atom stereocenters. The van der Waals surface area contributed by atoms with E-state index in [0.29, 0.717) is 30.3 Å². The van der Waals surface area contributed by atoms with E-state index in [0.717, 1.165) is 23.5 Å². The van der Waals surface area contributed by atoms with Gasteiger partial charge in [-0.3, -0.25) is 4.79 Å². The van der Waals surface area contributed by atoms with Gasteiger partial charge in [-0.05, 0) is 47.9 Å². The van der Waals surface area contributed by atoms with Crippen LogP contribution in [-0.4, -0.2) is 35.2 Å². The topological polar surface area (TPSA) is 78.9 Å². The van der Waals surface area contributed by atoms with E-state index in [9.17, 15) is 9.59 Å². The van der Waals surface area contributed by atoms with Crippen molar-refractivity contribution in [1.82, 2.24) is 10.2 Å². The van der Waals surface area contributed by atoms with Crippen LogP contribution in [0.1, 0.15) is 76.8 Å². The van der Waals surface area contributed by atoms with Crippen LogP contribution >= 0.6 is 11.6 Å². The molecule has 2 aliphatic rings. The molecule has 1 aromatic rings. The van der Waals surface area contributed by atoms with E-state index in [-0.39, 0.29) is 24.4 Å². The van der Waals surface area contributed by atoms with Gasteiger partial charge in [0.2, 0.25) is 0 Å². The molecular formula is C25H35ClN2O4. The van der Waals surface area contributed by atoms with E-state index in [1.807, 2.05) is 24.4 Å². The van der Waals surface area contributed by atoms with Crippen LogP contribution in [0, 0.1) is 11.8 Å². The highest BCUT2D eigenvalue weighted by Gasteiger charge is 2.29. The molecule has 0 bridgehead atoms. The van der Waals surface area contributed by atoms with Gasteiger partial charge in [0, 0.05) is 19.2 Å². The van der Waals surface area contributed by atoms with Crippen LogP contribution in [0.15, 0.2) is 30.0 Å². The summed E-state index contributed by atoms with van der Waals surface area (Å²) in [4.78, 5) is 25.0. The lowest BCUT2D eigenvalue weighted by atomic mass is 9.87. The van der Waals surface area contributed by atoms with Crippen LogP contribution in [0.4, 0.5) is 4.79 Å². The summed E-state index contributed by atoms with van der Waals surface area (Å²) in [5.74, 6) is 0.784. The Kier molecular flexibility index (Phi) is 8.85. The Morgan fingerprint density at radius 2 is 2.03 bits per heavy atom. The minimum Gasteiger partial charge on any atom is -0.492 e. The number of amides is 2. The number of carbonyl (C=O) groups excluding carboxylic acids is 1. The van der Waals surface area contributed by atoms with Gasteiger partial charge in [-0.2, -0.15) is 0 Å². The molecule has 0 saturated heterocycles. The molecule has 2 amide bonds. The van der Waals surface area contributed by atoms with Crippen LogP contribution in [0.5, 0.6) is 5.75 Å². The average Bonchev–Trinajstić information content (AvgIpc) is 2.76. The number of hydrogen-bond acceptors (Lipinski definition) is 3. The molecular weight excluding hydrogens is 428 g/mol. The Morgan fingerprint density at radius 3 is 2.69 bits per heavy atom. The lowest BCUT2D eigenvalue weighted by Crippen LogP contribution is -2.45. The highest BCUT2D eigenvalue weighted by Crippen LogP contribution is 2.35. The van der Waals surface area contributed by atoms with Crippen molar-refractivity contribution in [2.45, 2.75) is 71.3 Å². The van der Waals surface area contributed by atoms with E-state index in [2.05, 4.69) is 19.2 Å². The number of aliphatic carboxylic acids is 1. The molecule has 1 fully saturated rings. The number of ether oxygens (including phenoxy) is 1. The van der Waals surface area contributed by atoms with Crippen LogP contribution in [0.2, 0.25) is 5.02 Å². The van der Waals surface area contributed by atoms with Gasteiger partial charge in [0.15, 0.2) is 0 Å². The van der Waals surface area contributed by atoms with Crippen molar-refractivity contribution in [2.75, 3.05) is 13.2 Å². The Balaban J connectivity index is 1.65. The molecule has 0 spiro atoms. The van der Waals surface area contributed by atoms with Crippen molar-refractivity contribution in [3.63, 3.8) is 0 Å². The smallest absolute Gasteiger partial charge is 0.322 e. The maximum absolute atomic E-state index is 12.6. The second-order valence-electron chi connectivity index (χ2n) is 9.19. The molecule has 1 aromatic carbocycles. The molecule has 1 saturated carbocycles. The molecule has 176 valence electrons. The number of rotatable bonds is 10. The standard InChI is InChI=1S/C25H35ClN2O4/c1-17(2)20-16-28(13-6-9-23(29)30)25(31)27-24(20)19-10-11-22(21(26)15-19)32-14-12-18-7-4-3-5-8-18/h10-11,15-18,24H,3-9,12-14H2,1-2H3,(H,27,31)(H,29,30). The molecule has 7 heteroatoms. The summed E-state index contributed by atoms with van der Waals surface area (Å²) < 4.78 is 5.97. The lowest BCUT2D eigenvalue weighted by molar-refractivity contribution is -0.137. The van der Waals surface area contributed by atoms with Crippen LogP contribution in [0.25, 0.3) is 0 Å². The third-order valence-electron chi connectivity index (χ3n) is 6.42. The van der Waals surface area contributed by atoms with Gasteiger partial charge in [0.05, 0.1) is 17.7 Å². The van der Waals surface area contributed by atoms with E-state index < -0.39 is 5.97 Å². The summed E-state index contributed by atoms with van der Waals surface area (Å²) in [7, 11) is 0. The third-order valence-corrected chi connectivity index (χ3v) is 6.72. The molecule has 32 heavy (non-hydrogen) atoms. The van der Waals surface area contributed by atoms with Gasteiger partial charge in [-0.1, -0.05) is 63.6 Å². The maximum atomic E-state index is 12.6. The lowest BCUT2D eigenvalue weighted by Gasteiger charge is -2.34. The largest absolute Gasteiger partial charge is 0.492 e. The molecule has 1 aliphatic carbocycles. The highest BCUT2D eigenvalue weighted by molar-refractivity contribution is 6.32. The quantitative estimate of drug-likeness (QED) is 0.436. The zero-order valence-electron chi connectivity index (χ0n) is 19.1. The summed E-state index contributed by atoms with van der Waals surface area (Å²) in [5.41, 5.74) is 1.97. The predicted molar refractivity (Wildman–Crippen MR) is 126 cm³/mol. The summed E-state index contributed by atoms with van der Waals surface area (Å²) in [6, 6.07) is 5.23. The van der Waals surface area contributed by atoms with Crippen LogP contribution in [-0.2, 0) is 4.79 Å². The molecule has 0 aromatic heterocycles. The van der Waals surface area contributed by atoms with Gasteiger partial charge < -0.3 is 20.1 Å². The summed E-state index contributed by atoms with van der Waals surface area (Å²) in [6.45, 7) is 5.20. The Bertz CT molecular complexity index is 833. The van der Waals surface area contributed by atoms with Crippen molar-refractivity contribution in [1.29, 1.82) is 0 Å². The first-order valence-corrected chi connectivity index (χ1v) is 12.2. The second kappa shape index (κ2) is 11.6. The Morgan fingerprint density at radius 1 is 1.28 bits per heavy atom. The normalized spacial score (nSPS) is 19.6. The fourth-order valence-electron chi connectivity index (χ4n) is 4.55. The first kappa shape index (κ1) is 24.4. The molecule has 1 aliphatic heterocycles. The minimum absolute atomic E-state index is 0.0376. The molecule has 1 unspecified atom stereocenters. The molecule has 0 radical (unpaired) electrons. The number of halogens is 1. The third kappa shape index (κ3) is 6.64. The minimum atomic E-state index is -0.857. The number of nitrogens with one attached hydrogen (secondary N) is 1.